The number of hydrogen-bond donors (Lipinski definition) is 1. The monoisotopic (exact) mass is 251 g/mol. The normalized spacial score (nSPS) is 18.7. The van der Waals surface area contributed by atoms with Crippen molar-refractivity contribution in [1.82, 2.24) is 5.32 Å². The smallest absolute Gasteiger partial charge is 0.0320 e. The zero-order valence-corrected chi connectivity index (χ0v) is 11.5. The van der Waals surface area contributed by atoms with E-state index in [0.717, 1.165) is 13.0 Å². The van der Waals surface area contributed by atoms with E-state index in [1.807, 2.05) is 0 Å². The molecule has 1 aliphatic rings. The Labute approximate surface area is 115 Å². The van der Waals surface area contributed by atoms with Crippen molar-refractivity contribution in [2.24, 2.45) is 0 Å². The maximum atomic E-state index is 3.59. The first-order valence-electron chi connectivity index (χ1n) is 7.30. The lowest BCUT2D eigenvalue weighted by Crippen LogP contribution is -2.13. The molecule has 1 nitrogen and oxygen atoms in total. The molecule has 2 aromatic rings. The van der Waals surface area contributed by atoms with Crippen LogP contribution in [0.15, 0.2) is 48.5 Å². The molecule has 1 saturated heterocycles. The van der Waals surface area contributed by atoms with Gasteiger partial charge in [-0.3, -0.25) is 0 Å². The van der Waals surface area contributed by atoms with E-state index in [-0.39, 0.29) is 0 Å². The van der Waals surface area contributed by atoms with Crippen LogP contribution in [0.2, 0.25) is 0 Å². The molecule has 98 valence electrons. The van der Waals surface area contributed by atoms with Gasteiger partial charge in [0.15, 0.2) is 0 Å². The van der Waals surface area contributed by atoms with E-state index < -0.39 is 0 Å². The topological polar surface area (TPSA) is 12.0 Å². The summed E-state index contributed by atoms with van der Waals surface area (Å²) in [5, 5.41) is 3.59. The van der Waals surface area contributed by atoms with Crippen molar-refractivity contribution >= 4 is 0 Å². The zero-order chi connectivity index (χ0) is 13.1. The molecule has 1 aliphatic heterocycles. The minimum Gasteiger partial charge on any atom is -0.310 e. The molecular formula is C18H21N. The van der Waals surface area contributed by atoms with Gasteiger partial charge >= 0.3 is 0 Å². The summed E-state index contributed by atoms with van der Waals surface area (Å²) in [6.45, 7) is 3.39. The summed E-state index contributed by atoms with van der Waals surface area (Å²) in [7, 11) is 0. The Kier molecular flexibility index (Phi) is 3.65. The lowest BCUT2D eigenvalue weighted by molar-refractivity contribution is 0.648. The van der Waals surface area contributed by atoms with Gasteiger partial charge in [0.1, 0.15) is 0 Å². The summed E-state index contributed by atoms with van der Waals surface area (Å²) in [5.74, 6) is 0. The molecule has 0 spiro atoms. The Morgan fingerprint density at radius 1 is 1.11 bits per heavy atom. The van der Waals surface area contributed by atoms with Crippen LogP contribution in [0.3, 0.4) is 0 Å². The molecule has 1 unspecified atom stereocenters. The van der Waals surface area contributed by atoms with E-state index >= 15 is 0 Å². The average Bonchev–Trinajstić information content (AvgIpc) is 3.02. The van der Waals surface area contributed by atoms with Gasteiger partial charge in [-0.05, 0) is 54.1 Å². The summed E-state index contributed by atoms with van der Waals surface area (Å²) in [5.41, 5.74) is 5.61. The highest BCUT2D eigenvalue weighted by Crippen LogP contribution is 2.30. The minimum absolute atomic E-state index is 0.549. The highest BCUT2D eigenvalue weighted by atomic mass is 14.9. The van der Waals surface area contributed by atoms with Gasteiger partial charge in [-0.25, -0.2) is 0 Å². The van der Waals surface area contributed by atoms with Gasteiger partial charge in [-0.2, -0.15) is 0 Å². The highest BCUT2D eigenvalue weighted by Gasteiger charge is 2.17. The van der Waals surface area contributed by atoms with Crippen molar-refractivity contribution < 1.29 is 0 Å². The fourth-order valence-electron chi connectivity index (χ4n) is 2.97. The summed E-state index contributed by atoms with van der Waals surface area (Å²) in [4.78, 5) is 0. The van der Waals surface area contributed by atoms with E-state index in [2.05, 4.69) is 60.8 Å². The molecule has 3 rings (SSSR count). The molecule has 1 atom stereocenters. The van der Waals surface area contributed by atoms with Crippen LogP contribution in [0, 0.1) is 0 Å². The maximum absolute atomic E-state index is 3.59. The molecule has 0 aliphatic carbocycles. The molecule has 0 amide bonds. The summed E-state index contributed by atoms with van der Waals surface area (Å²) >= 11 is 0. The Morgan fingerprint density at radius 2 is 1.95 bits per heavy atom. The summed E-state index contributed by atoms with van der Waals surface area (Å²) in [6, 6.07) is 18.3. The third-order valence-corrected chi connectivity index (χ3v) is 4.06. The number of aryl methyl sites for hydroxylation is 1. The van der Waals surface area contributed by atoms with Crippen LogP contribution < -0.4 is 5.32 Å². The van der Waals surface area contributed by atoms with Crippen LogP contribution in [-0.4, -0.2) is 6.54 Å². The number of rotatable bonds is 3. The summed E-state index contributed by atoms with van der Waals surface area (Å²) in [6.07, 6.45) is 3.64. The minimum atomic E-state index is 0.549. The van der Waals surface area contributed by atoms with Crippen molar-refractivity contribution in [3.63, 3.8) is 0 Å². The third kappa shape index (κ3) is 2.57. The second kappa shape index (κ2) is 5.58. The Bertz CT molecular complexity index is 539. The van der Waals surface area contributed by atoms with E-state index in [9.17, 15) is 0 Å². The van der Waals surface area contributed by atoms with Crippen molar-refractivity contribution in [3.8, 4) is 11.1 Å². The van der Waals surface area contributed by atoms with Crippen LogP contribution in [0.25, 0.3) is 11.1 Å². The van der Waals surface area contributed by atoms with Crippen molar-refractivity contribution in [3.05, 3.63) is 59.7 Å². The number of nitrogens with one attached hydrogen (secondary N) is 1. The van der Waals surface area contributed by atoms with Gasteiger partial charge in [0.25, 0.3) is 0 Å². The second-order valence-corrected chi connectivity index (χ2v) is 5.29. The first-order valence-corrected chi connectivity index (χ1v) is 7.30. The Morgan fingerprint density at radius 3 is 2.63 bits per heavy atom. The van der Waals surface area contributed by atoms with E-state index in [1.54, 1.807) is 0 Å². The predicted molar refractivity (Wildman–Crippen MR) is 81.2 cm³/mol. The quantitative estimate of drug-likeness (QED) is 0.855. The van der Waals surface area contributed by atoms with E-state index in [1.165, 1.54) is 35.1 Å². The molecule has 1 fully saturated rings. The molecule has 2 aromatic carbocycles. The summed E-state index contributed by atoms with van der Waals surface area (Å²) < 4.78 is 0. The largest absolute Gasteiger partial charge is 0.310 e. The van der Waals surface area contributed by atoms with Crippen molar-refractivity contribution in [2.75, 3.05) is 6.54 Å². The van der Waals surface area contributed by atoms with E-state index in [0.29, 0.717) is 6.04 Å². The third-order valence-electron chi connectivity index (χ3n) is 4.06. The first kappa shape index (κ1) is 12.4. The Hall–Kier alpha value is -1.60. The number of benzene rings is 2. The molecule has 1 heteroatoms. The lowest BCUT2D eigenvalue weighted by Gasteiger charge is -2.15. The van der Waals surface area contributed by atoms with Gasteiger partial charge < -0.3 is 5.32 Å². The molecule has 1 heterocycles. The van der Waals surface area contributed by atoms with Crippen molar-refractivity contribution in [2.45, 2.75) is 32.2 Å². The second-order valence-electron chi connectivity index (χ2n) is 5.29. The SMILES string of the molecule is CCc1ccc(C2CCCN2)cc1-c1ccccc1. The standard InChI is InChI=1S/C18H21N/c1-2-14-10-11-16(18-9-6-12-19-18)13-17(14)15-7-4-3-5-8-15/h3-5,7-8,10-11,13,18-19H,2,6,9,12H2,1H3. The molecular weight excluding hydrogens is 230 g/mol. The van der Waals surface area contributed by atoms with Crippen LogP contribution in [-0.2, 0) is 6.42 Å². The zero-order valence-electron chi connectivity index (χ0n) is 11.5. The highest BCUT2D eigenvalue weighted by molar-refractivity contribution is 5.68. The van der Waals surface area contributed by atoms with Crippen LogP contribution in [0.5, 0.6) is 0 Å². The molecule has 1 N–H and O–H groups in total. The van der Waals surface area contributed by atoms with Gasteiger partial charge in [0.2, 0.25) is 0 Å². The molecule has 0 saturated carbocycles. The Balaban J connectivity index is 2.03. The van der Waals surface area contributed by atoms with Gasteiger partial charge in [0, 0.05) is 6.04 Å². The lowest BCUT2D eigenvalue weighted by atomic mass is 9.93. The van der Waals surface area contributed by atoms with Gasteiger partial charge in [-0.15, -0.1) is 0 Å². The van der Waals surface area contributed by atoms with Crippen LogP contribution >= 0.6 is 0 Å². The van der Waals surface area contributed by atoms with Crippen LogP contribution in [0.4, 0.5) is 0 Å². The fourth-order valence-corrected chi connectivity index (χ4v) is 2.97. The number of hydrogen-bond acceptors (Lipinski definition) is 1. The maximum Gasteiger partial charge on any atom is 0.0320 e. The average molecular weight is 251 g/mol. The van der Waals surface area contributed by atoms with Crippen molar-refractivity contribution in [1.29, 1.82) is 0 Å². The van der Waals surface area contributed by atoms with E-state index in [4.69, 9.17) is 0 Å². The first-order chi connectivity index (χ1) is 9.38. The molecule has 0 aromatic heterocycles. The fraction of sp³-hybridized carbons (Fsp3) is 0.333. The van der Waals surface area contributed by atoms with Gasteiger partial charge in [0.05, 0.1) is 0 Å². The van der Waals surface area contributed by atoms with Gasteiger partial charge in [-0.1, -0.05) is 49.4 Å². The molecule has 0 bridgehead atoms. The molecule has 19 heavy (non-hydrogen) atoms. The predicted octanol–water partition coefficient (Wildman–Crippen LogP) is 4.34. The van der Waals surface area contributed by atoms with Crippen LogP contribution in [0.1, 0.15) is 36.9 Å². The molecule has 0 radical (unpaired) electrons.